The van der Waals surface area contributed by atoms with Crippen molar-refractivity contribution in [2.45, 2.75) is 23.5 Å². The van der Waals surface area contributed by atoms with Gasteiger partial charge in [-0.1, -0.05) is 37.3 Å². The molecular formula is C38H36N4O6S2. The molecule has 1 heterocycles. The highest BCUT2D eigenvalue weighted by molar-refractivity contribution is 8.00. The Morgan fingerprint density at radius 1 is 0.840 bits per heavy atom. The van der Waals surface area contributed by atoms with Crippen LogP contribution in [-0.2, 0) is 9.59 Å². The second-order valence-electron chi connectivity index (χ2n) is 10.7. The number of aromatic nitrogens is 1. The van der Waals surface area contributed by atoms with E-state index in [2.05, 4.69) is 20.9 Å². The number of hydrogen-bond acceptors (Lipinski definition) is 9. The van der Waals surface area contributed by atoms with Crippen molar-refractivity contribution in [1.82, 2.24) is 10.3 Å². The summed E-state index contributed by atoms with van der Waals surface area (Å²) >= 11 is 2.74. The van der Waals surface area contributed by atoms with E-state index >= 15 is 0 Å². The van der Waals surface area contributed by atoms with Crippen molar-refractivity contribution in [3.63, 3.8) is 0 Å². The van der Waals surface area contributed by atoms with E-state index in [4.69, 9.17) is 14.2 Å². The van der Waals surface area contributed by atoms with E-state index < -0.39 is 17.1 Å². The lowest BCUT2D eigenvalue weighted by Crippen LogP contribution is -2.30. The maximum atomic E-state index is 13.7. The van der Waals surface area contributed by atoms with Gasteiger partial charge in [0, 0.05) is 27.1 Å². The van der Waals surface area contributed by atoms with Gasteiger partial charge >= 0.3 is 0 Å². The number of rotatable bonds is 14. The summed E-state index contributed by atoms with van der Waals surface area (Å²) in [5, 5.41) is 10.6. The molecule has 3 N–H and O–H groups in total. The van der Waals surface area contributed by atoms with Crippen LogP contribution in [0.15, 0.2) is 113 Å². The predicted octanol–water partition coefficient (Wildman–Crippen LogP) is 7.75. The number of nitrogens with one attached hydrogen (secondary N) is 3. The fourth-order valence-corrected chi connectivity index (χ4v) is 6.53. The summed E-state index contributed by atoms with van der Waals surface area (Å²) in [6, 6.07) is 28.6. The summed E-state index contributed by atoms with van der Waals surface area (Å²) in [6.45, 7) is 1.94. The third-order valence-electron chi connectivity index (χ3n) is 7.40. The number of anilines is 2. The lowest BCUT2D eigenvalue weighted by Gasteiger charge is -2.15. The molecule has 0 saturated heterocycles. The maximum Gasteiger partial charge on any atom is 0.272 e. The zero-order chi connectivity index (χ0) is 35.5. The molecule has 0 fully saturated rings. The first kappa shape index (κ1) is 35.7. The number of amides is 3. The second kappa shape index (κ2) is 17.2. The normalized spacial score (nSPS) is 11.6. The van der Waals surface area contributed by atoms with Crippen molar-refractivity contribution in [2.75, 3.05) is 32.0 Å². The number of benzene rings is 4. The SMILES string of the molecule is CCC(Sc1cccc(NC(=O)/C(=C\c2ccc(OC)c(OC)c2)NC(=O)c2ccccc2)c1)C(=O)Nc1nc(-c2ccc(OC)cc2)cs1. The van der Waals surface area contributed by atoms with E-state index in [9.17, 15) is 14.4 Å². The van der Waals surface area contributed by atoms with Crippen LogP contribution < -0.4 is 30.2 Å². The molecule has 1 atom stereocenters. The zero-order valence-corrected chi connectivity index (χ0v) is 29.5. The van der Waals surface area contributed by atoms with E-state index in [0.717, 1.165) is 21.9 Å². The van der Waals surface area contributed by atoms with Crippen LogP contribution in [0.1, 0.15) is 29.3 Å². The molecule has 12 heteroatoms. The van der Waals surface area contributed by atoms with Gasteiger partial charge in [0.15, 0.2) is 16.6 Å². The Labute approximate surface area is 298 Å². The van der Waals surface area contributed by atoms with Crippen molar-refractivity contribution in [2.24, 2.45) is 0 Å². The summed E-state index contributed by atoms with van der Waals surface area (Å²) in [4.78, 5) is 45.4. The Bertz CT molecular complexity index is 1980. The van der Waals surface area contributed by atoms with Crippen molar-refractivity contribution >= 4 is 57.7 Å². The van der Waals surface area contributed by atoms with Crippen LogP contribution in [0, 0.1) is 0 Å². The van der Waals surface area contributed by atoms with Crippen LogP contribution >= 0.6 is 23.1 Å². The molecule has 10 nitrogen and oxygen atoms in total. The number of methoxy groups -OCH3 is 3. The van der Waals surface area contributed by atoms with Crippen LogP contribution in [0.25, 0.3) is 17.3 Å². The Balaban J connectivity index is 1.29. The third kappa shape index (κ3) is 9.30. The first-order valence-corrected chi connectivity index (χ1v) is 17.3. The van der Waals surface area contributed by atoms with Gasteiger partial charge in [-0.3, -0.25) is 14.4 Å². The first-order chi connectivity index (χ1) is 24.3. The maximum absolute atomic E-state index is 13.7. The smallest absolute Gasteiger partial charge is 0.272 e. The molecule has 3 amide bonds. The molecule has 0 aliphatic heterocycles. The van der Waals surface area contributed by atoms with E-state index in [0.29, 0.717) is 39.9 Å². The van der Waals surface area contributed by atoms with E-state index in [1.165, 1.54) is 37.3 Å². The van der Waals surface area contributed by atoms with Gasteiger partial charge in [0.2, 0.25) is 5.91 Å². The molecule has 1 aromatic heterocycles. The number of thiazole rings is 1. The van der Waals surface area contributed by atoms with Crippen molar-refractivity contribution in [1.29, 1.82) is 0 Å². The molecule has 0 saturated carbocycles. The molecule has 0 aliphatic carbocycles. The number of ether oxygens (including phenoxy) is 3. The molecule has 256 valence electrons. The van der Waals surface area contributed by atoms with Crippen LogP contribution in [-0.4, -0.2) is 49.3 Å². The topological polar surface area (TPSA) is 128 Å². The zero-order valence-electron chi connectivity index (χ0n) is 27.9. The number of carbonyl (C=O) groups excluding carboxylic acids is 3. The van der Waals surface area contributed by atoms with Crippen molar-refractivity contribution in [3.05, 3.63) is 119 Å². The minimum absolute atomic E-state index is 0.0207. The van der Waals surface area contributed by atoms with Crippen LogP contribution in [0.3, 0.4) is 0 Å². The standard InChI is InChI=1S/C38H36N4O6S2/c1-5-34(37(45)42-38-41-31(23-49-38)25-15-17-28(46-2)18-16-25)50-29-13-9-12-27(22-29)39-36(44)30(40-35(43)26-10-7-6-8-11-26)20-24-14-19-32(47-3)33(21-24)48-4/h6-23,34H,5H2,1-4H3,(H,39,44)(H,40,43)(H,41,42,45)/b30-20+. The first-order valence-electron chi connectivity index (χ1n) is 15.6. The van der Waals surface area contributed by atoms with Gasteiger partial charge in [-0.25, -0.2) is 4.98 Å². The van der Waals surface area contributed by atoms with Gasteiger partial charge in [-0.15, -0.1) is 23.1 Å². The van der Waals surface area contributed by atoms with Gasteiger partial charge in [-0.2, -0.15) is 0 Å². The minimum atomic E-state index is -0.535. The predicted molar refractivity (Wildman–Crippen MR) is 199 cm³/mol. The van der Waals surface area contributed by atoms with Gasteiger partial charge in [0.05, 0.1) is 32.3 Å². The highest BCUT2D eigenvalue weighted by Gasteiger charge is 2.21. The Hall–Kier alpha value is -5.59. The van der Waals surface area contributed by atoms with Crippen molar-refractivity contribution in [3.8, 4) is 28.5 Å². The highest BCUT2D eigenvalue weighted by Crippen LogP contribution is 2.31. The summed E-state index contributed by atoms with van der Waals surface area (Å²) in [6.07, 6.45) is 2.13. The Morgan fingerprint density at radius 3 is 2.30 bits per heavy atom. The molecular weight excluding hydrogens is 673 g/mol. The van der Waals surface area contributed by atoms with E-state index in [-0.39, 0.29) is 11.6 Å². The number of carbonyl (C=O) groups is 3. The van der Waals surface area contributed by atoms with E-state index in [1.54, 1.807) is 79.9 Å². The average molecular weight is 709 g/mol. The van der Waals surface area contributed by atoms with Crippen LogP contribution in [0.4, 0.5) is 10.8 Å². The van der Waals surface area contributed by atoms with Gasteiger partial charge in [0.1, 0.15) is 11.4 Å². The molecule has 0 radical (unpaired) electrons. The lowest BCUT2D eigenvalue weighted by molar-refractivity contribution is -0.116. The molecule has 5 rings (SSSR count). The van der Waals surface area contributed by atoms with Crippen LogP contribution in [0.5, 0.6) is 17.2 Å². The number of nitrogens with zero attached hydrogens (tertiary/aromatic N) is 1. The van der Waals surface area contributed by atoms with Gasteiger partial charge in [-0.05, 0) is 84.8 Å². The lowest BCUT2D eigenvalue weighted by atomic mass is 10.1. The molecule has 0 bridgehead atoms. The molecule has 0 aliphatic rings. The van der Waals surface area contributed by atoms with Crippen LogP contribution in [0.2, 0.25) is 0 Å². The molecule has 4 aromatic carbocycles. The largest absolute Gasteiger partial charge is 0.497 e. The minimum Gasteiger partial charge on any atom is -0.497 e. The highest BCUT2D eigenvalue weighted by atomic mass is 32.2. The Kier molecular flexibility index (Phi) is 12.3. The quantitative estimate of drug-likeness (QED) is 0.0790. The summed E-state index contributed by atoms with van der Waals surface area (Å²) in [5.41, 5.74) is 3.20. The Morgan fingerprint density at radius 2 is 1.60 bits per heavy atom. The van der Waals surface area contributed by atoms with Gasteiger partial charge in [0.25, 0.3) is 11.8 Å². The number of hydrogen-bond donors (Lipinski definition) is 3. The monoisotopic (exact) mass is 708 g/mol. The summed E-state index contributed by atoms with van der Waals surface area (Å²) < 4.78 is 16.0. The average Bonchev–Trinajstić information content (AvgIpc) is 3.62. The molecule has 1 unspecified atom stereocenters. The fourth-order valence-electron chi connectivity index (χ4n) is 4.80. The fraction of sp³-hybridized carbons (Fsp3) is 0.158. The molecule has 0 spiro atoms. The molecule has 5 aromatic rings. The summed E-state index contributed by atoms with van der Waals surface area (Å²) in [5.74, 6) is 0.610. The van der Waals surface area contributed by atoms with Gasteiger partial charge < -0.3 is 30.2 Å². The summed E-state index contributed by atoms with van der Waals surface area (Å²) in [7, 11) is 4.67. The third-order valence-corrected chi connectivity index (χ3v) is 9.52. The molecule has 50 heavy (non-hydrogen) atoms. The number of thioether (sulfide) groups is 1. The van der Waals surface area contributed by atoms with E-state index in [1.807, 2.05) is 42.6 Å². The second-order valence-corrected chi connectivity index (χ2v) is 12.9. The van der Waals surface area contributed by atoms with Crippen molar-refractivity contribution < 1.29 is 28.6 Å².